The molecule has 24 heavy (non-hydrogen) atoms. The quantitative estimate of drug-likeness (QED) is 0.875. The molecule has 1 saturated heterocycles. The van der Waals surface area contributed by atoms with E-state index in [1.165, 1.54) is 11.3 Å². The number of H-pyrrole nitrogens is 1. The number of aliphatic hydroxyl groups is 1. The summed E-state index contributed by atoms with van der Waals surface area (Å²) < 4.78 is 0. The van der Waals surface area contributed by atoms with Gasteiger partial charge in [0, 0.05) is 42.7 Å². The van der Waals surface area contributed by atoms with Crippen LogP contribution >= 0.6 is 11.6 Å². The predicted molar refractivity (Wildman–Crippen MR) is 94.1 cm³/mol. The number of aromatic amines is 1. The number of carbonyl (C=O) groups excluding carboxylic acids is 1. The van der Waals surface area contributed by atoms with Gasteiger partial charge < -0.3 is 15.0 Å². The van der Waals surface area contributed by atoms with Crippen LogP contribution in [-0.4, -0.2) is 58.1 Å². The van der Waals surface area contributed by atoms with Crippen LogP contribution in [0.25, 0.3) is 10.9 Å². The van der Waals surface area contributed by atoms with Crippen molar-refractivity contribution in [3.05, 3.63) is 34.5 Å². The summed E-state index contributed by atoms with van der Waals surface area (Å²) in [5, 5.41) is 11.6. The molecule has 0 unspecified atom stereocenters. The summed E-state index contributed by atoms with van der Waals surface area (Å²) in [7, 11) is 0. The Labute approximate surface area is 146 Å². The largest absolute Gasteiger partial charge is 0.392 e. The van der Waals surface area contributed by atoms with E-state index < -0.39 is 0 Å². The van der Waals surface area contributed by atoms with Gasteiger partial charge in [-0.05, 0) is 25.5 Å². The second-order valence-corrected chi connectivity index (χ2v) is 7.25. The second kappa shape index (κ2) is 6.39. The molecule has 2 N–H and O–H groups in total. The van der Waals surface area contributed by atoms with Crippen LogP contribution in [-0.2, 0) is 17.8 Å². The van der Waals surface area contributed by atoms with Crippen LogP contribution < -0.4 is 0 Å². The van der Waals surface area contributed by atoms with Crippen molar-refractivity contribution in [2.24, 2.45) is 0 Å². The lowest BCUT2D eigenvalue weighted by molar-refractivity contribution is -0.134. The number of likely N-dealkylation sites (tertiary alicyclic amines) is 1. The smallest absolute Gasteiger partial charge is 0.237 e. The van der Waals surface area contributed by atoms with Gasteiger partial charge in [-0.15, -0.1) is 0 Å². The molecule has 1 amide bonds. The molecule has 4 rings (SSSR count). The number of hydrogen-bond acceptors (Lipinski definition) is 3. The Morgan fingerprint density at radius 1 is 1.38 bits per heavy atom. The number of nitrogens with one attached hydrogen (secondary N) is 1. The maximum absolute atomic E-state index is 12.7. The number of para-hydroxylation sites is 1. The molecule has 0 radical (unpaired) electrons. The average molecular weight is 348 g/mol. The Morgan fingerprint density at radius 3 is 3.08 bits per heavy atom. The number of benzene rings is 1. The molecule has 0 saturated carbocycles. The summed E-state index contributed by atoms with van der Waals surface area (Å²) in [5.74, 6) is 0.145. The van der Waals surface area contributed by atoms with Gasteiger partial charge in [-0.1, -0.05) is 23.7 Å². The number of carbonyl (C=O) groups is 1. The van der Waals surface area contributed by atoms with Crippen molar-refractivity contribution in [2.75, 3.05) is 26.2 Å². The monoisotopic (exact) mass is 347 g/mol. The van der Waals surface area contributed by atoms with Crippen molar-refractivity contribution in [3.63, 3.8) is 0 Å². The highest BCUT2D eigenvalue weighted by molar-refractivity contribution is 6.35. The molecule has 1 aromatic heterocycles. The zero-order valence-electron chi connectivity index (χ0n) is 13.6. The Hall–Kier alpha value is -1.56. The van der Waals surface area contributed by atoms with E-state index in [-0.39, 0.29) is 12.0 Å². The van der Waals surface area contributed by atoms with Gasteiger partial charge >= 0.3 is 0 Å². The minimum atomic E-state index is -0.296. The second-order valence-electron chi connectivity index (χ2n) is 6.84. The van der Waals surface area contributed by atoms with Crippen LogP contribution in [0, 0.1) is 0 Å². The van der Waals surface area contributed by atoms with Gasteiger partial charge in [0.2, 0.25) is 5.91 Å². The van der Waals surface area contributed by atoms with Gasteiger partial charge in [-0.25, -0.2) is 0 Å². The first-order valence-corrected chi connectivity index (χ1v) is 8.96. The fraction of sp³-hybridized carbons (Fsp3) is 0.500. The molecule has 1 aromatic carbocycles. The summed E-state index contributed by atoms with van der Waals surface area (Å²) >= 11 is 6.28. The van der Waals surface area contributed by atoms with E-state index in [2.05, 4.69) is 16.0 Å². The Kier molecular flexibility index (Phi) is 4.24. The first-order valence-electron chi connectivity index (χ1n) is 8.58. The number of aliphatic hydroxyl groups excluding tert-OH is 1. The van der Waals surface area contributed by atoms with Crippen molar-refractivity contribution >= 4 is 28.4 Å². The summed E-state index contributed by atoms with van der Waals surface area (Å²) in [6, 6.07) is 5.90. The topological polar surface area (TPSA) is 59.6 Å². The molecular weight excluding hydrogens is 326 g/mol. The standard InChI is InChI=1S/C18H22ClN3O2/c19-15-5-1-4-13-14-10-22(8-6-16(14)20-18(13)15)17(24)11-21-7-2-3-12(23)9-21/h1,4-5,12,20,23H,2-3,6-11H2/t12-/m0/s1. The molecule has 2 aliphatic heterocycles. The molecular formula is C18H22ClN3O2. The number of amides is 1. The summed E-state index contributed by atoms with van der Waals surface area (Å²) in [5.41, 5.74) is 3.35. The lowest BCUT2D eigenvalue weighted by atomic mass is 10.0. The number of piperidine rings is 1. The third kappa shape index (κ3) is 2.92. The first-order chi connectivity index (χ1) is 11.6. The molecule has 0 aliphatic carbocycles. The van der Waals surface area contributed by atoms with Crippen molar-refractivity contribution in [1.82, 2.24) is 14.8 Å². The summed E-state index contributed by atoms with van der Waals surface area (Å²) in [6.07, 6.45) is 2.33. The zero-order chi connectivity index (χ0) is 16.7. The van der Waals surface area contributed by atoms with Crippen LogP contribution in [0.4, 0.5) is 0 Å². The average Bonchev–Trinajstić information content (AvgIpc) is 2.94. The number of fused-ring (bicyclic) bond motifs is 3. The van der Waals surface area contributed by atoms with E-state index in [1.54, 1.807) is 0 Å². The maximum Gasteiger partial charge on any atom is 0.237 e. The molecule has 128 valence electrons. The molecule has 2 aliphatic rings. The van der Waals surface area contributed by atoms with Crippen LogP contribution in [0.5, 0.6) is 0 Å². The number of hydrogen-bond donors (Lipinski definition) is 2. The van der Waals surface area contributed by atoms with Crippen LogP contribution in [0.1, 0.15) is 24.1 Å². The van der Waals surface area contributed by atoms with Crippen molar-refractivity contribution in [2.45, 2.75) is 31.9 Å². The number of nitrogens with zero attached hydrogens (tertiary/aromatic N) is 2. The number of β-amino-alcohol motifs (C(OH)–C–C–N with tert-alkyl or cyclic N) is 1. The van der Waals surface area contributed by atoms with Gasteiger partial charge in [-0.2, -0.15) is 0 Å². The number of rotatable bonds is 2. The lowest BCUT2D eigenvalue weighted by Crippen LogP contribution is -2.46. The first kappa shape index (κ1) is 15.9. The molecule has 2 aromatic rings. The van der Waals surface area contributed by atoms with Crippen molar-refractivity contribution < 1.29 is 9.90 Å². The maximum atomic E-state index is 12.7. The number of halogens is 1. The highest BCUT2D eigenvalue weighted by atomic mass is 35.5. The van der Waals surface area contributed by atoms with E-state index in [1.807, 2.05) is 17.0 Å². The van der Waals surface area contributed by atoms with Gasteiger partial charge in [0.15, 0.2) is 0 Å². The fourth-order valence-corrected chi connectivity index (χ4v) is 4.10. The van der Waals surface area contributed by atoms with Crippen LogP contribution in [0.2, 0.25) is 5.02 Å². The van der Waals surface area contributed by atoms with E-state index in [0.717, 1.165) is 48.3 Å². The minimum absolute atomic E-state index is 0.145. The molecule has 1 atom stereocenters. The third-order valence-electron chi connectivity index (χ3n) is 5.15. The van der Waals surface area contributed by atoms with E-state index in [0.29, 0.717) is 19.6 Å². The Balaban J connectivity index is 1.50. The van der Waals surface area contributed by atoms with Crippen LogP contribution in [0.3, 0.4) is 0 Å². The molecule has 0 bridgehead atoms. The predicted octanol–water partition coefficient (Wildman–Crippen LogP) is 2.16. The van der Waals surface area contributed by atoms with Gasteiger partial charge in [0.05, 0.1) is 23.2 Å². The highest BCUT2D eigenvalue weighted by Crippen LogP contribution is 2.31. The van der Waals surface area contributed by atoms with Crippen LogP contribution in [0.15, 0.2) is 18.2 Å². The fourth-order valence-electron chi connectivity index (χ4n) is 3.88. The highest BCUT2D eigenvalue weighted by Gasteiger charge is 2.27. The molecule has 5 nitrogen and oxygen atoms in total. The summed E-state index contributed by atoms with van der Waals surface area (Å²) in [6.45, 7) is 3.26. The number of aromatic nitrogens is 1. The van der Waals surface area contributed by atoms with Gasteiger partial charge in [0.25, 0.3) is 0 Å². The van der Waals surface area contributed by atoms with E-state index in [9.17, 15) is 9.90 Å². The molecule has 1 fully saturated rings. The minimum Gasteiger partial charge on any atom is -0.392 e. The SMILES string of the molecule is O=C(CN1CCC[C@H](O)C1)N1CCc2[nH]c3c(Cl)cccc3c2C1. The van der Waals surface area contributed by atoms with Gasteiger partial charge in [0.1, 0.15) is 0 Å². The van der Waals surface area contributed by atoms with Crippen molar-refractivity contribution in [1.29, 1.82) is 0 Å². The van der Waals surface area contributed by atoms with Crippen molar-refractivity contribution in [3.8, 4) is 0 Å². The zero-order valence-corrected chi connectivity index (χ0v) is 14.4. The van der Waals surface area contributed by atoms with E-state index >= 15 is 0 Å². The Bertz CT molecular complexity index is 773. The normalized spacial score (nSPS) is 21.9. The van der Waals surface area contributed by atoms with E-state index in [4.69, 9.17) is 11.6 Å². The molecule has 6 heteroatoms. The third-order valence-corrected chi connectivity index (χ3v) is 5.47. The molecule has 3 heterocycles. The molecule has 0 spiro atoms. The Morgan fingerprint density at radius 2 is 2.25 bits per heavy atom. The summed E-state index contributed by atoms with van der Waals surface area (Å²) in [4.78, 5) is 20.1. The lowest BCUT2D eigenvalue weighted by Gasteiger charge is -2.33. The van der Waals surface area contributed by atoms with Gasteiger partial charge in [-0.3, -0.25) is 9.69 Å².